The summed E-state index contributed by atoms with van der Waals surface area (Å²) in [5.41, 5.74) is 3.16. The van der Waals surface area contributed by atoms with Gasteiger partial charge in [-0.25, -0.2) is 9.78 Å². The molecule has 0 radical (unpaired) electrons. The Kier molecular flexibility index (Phi) is 6.66. The summed E-state index contributed by atoms with van der Waals surface area (Å²) in [7, 11) is 0. The van der Waals surface area contributed by atoms with E-state index in [1.807, 2.05) is 13.8 Å². The van der Waals surface area contributed by atoms with Gasteiger partial charge in [-0.2, -0.15) is 0 Å². The predicted molar refractivity (Wildman–Crippen MR) is 110 cm³/mol. The highest BCUT2D eigenvalue weighted by Gasteiger charge is 2.16. The van der Waals surface area contributed by atoms with Gasteiger partial charge in [-0.15, -0.1) is 11.8 Å². The highest BCUT2D eigenvalue weighted by Crippen LogP contribution is 2.27. The number of carbonyl (C=O) groups is 2. The Morgan fingerprint density at radius 3 is 2.76 bits per heavy atom. The molecule has 0 atom stereocenters. The average molecular weight is 411 g/mol. The molecule has 1 aromatic carbocycles. The van der Waals surface area contributed by atoms with Crippen LogP contribution in [0.5, 0.6) is 0 Å². The largest absolute Gasteiger partial charge is 0.462 e. The first-order valence-corrected chi connectivity index (χ1v) is 10.1. The number of ether oxygens (including phenoxy) is 1. The minimum Gasteiger partial charge on any atom is -0.462 e. The number of aryl methyl sites for hydroxylation is 2. The summed E-state index contributed by atoms with van der Waals surface area (Å²) in [5, 5.41) is 7.38. The lowest BCUT2D eigenvalue weighted by molar-refractivity contribution is 0.0526. The molecule has 0 saturated heterocycles. The van der Waals surface area contributed by atoms with Crippen LogP contribution in [0.1, 0.15) is 44.7 Å². The van der Waals surface area contributed by atoms with Crippen LogP contribution in [0.3, 0.4) is 0 Å². The van der Waals surface area contributed by atoms with Crippen LogP contribution < -0.4 is 5.32 Å². The number of benzene rings is 1. The van der Waals surface area contributed by atoms with E-state index in [-0.39, 0.29) is 12.5 Å². The third kappa shape index (κ3) is 5.03. The Morgan fingerprint density at radius 1 is 1.21 bits per heavy atom. The van der Waals surface area contributed by atoms with Gasteiger partial charge in [-0.1, -0.05) is 11.2 Å². The standard InChI is InChI=1S/C21H21N3O4S/c1-4-27-21(26)15-7-5-8-16(11-15)23-19(25)17-9-6-10-22-20(17)29-12-18-13(2)24-28-14(18)3/h5-11H,4,12H2,1-3H3,(H,23,25). The van der Waals surface area contributed by atoms with Crippen molar-refractivity contribution in [2.24, 2.45) is 0 Å². The summed E-state index contributed by atoms with van der Waals surface area (Å²) in [6, 6.07) is 10.1. The van der Waals surface area contributed by atoms with Gasteiger partial charge in [0.25, 0.3) is 5.91 Å². The number of anilines is 1. The van der Waals surface area contributed by atoms with Crippen molar-refractivity contribution in [3.63, 3.8) is 0 Å². The lowest BCUT2D eigenvalue weighted by atomic mass is 10.2. The van der Waals surface area contributed by atoms with Gasteiger partial charge in [0.05, 0.1) is 23.4 Å². The Hall–Kier alpha value is -3.13. The van der Waals surface area contributed by atoms with Gasteiger partial charge in [0.2, 0.25) is 0 Å². The summed E-state index contributed by atoms with van der Waals surface area (Å²) in [6.45, 7) is 5.78. The van der Waals surface area contributed by atoms with Crippen LogP contribution in [-0.4, -0.2) is 28.6 Å². The minimum absolute atomic E-state index is 0.289. The Balaban J connectivity index is 1.75. The fraction of sp³-hybridized carbons (Fsp3) is 0.238. The summed E-state index contributed by atoms with van der Waals surface area (Å²) >= 11 is 1.44. The maximum absolute atomic E-state index is 12.8. The van der Waals surface area contributed by atoms with Crippen molar-refractivity contribution in [3.8, 4) is 0 Å². The number of rotatable bonds is 7. The number of nitrogens with one attached hydrogen (secondary N) is 1. The van der Waals surface area contributed by atoms with Gasteiger partial charge >= 0.3 is 5.97 Å². The summed E-state index contributed by atoms with van der Waals surface area (Å²) in [4.78, 5) is 29.1. The lowest BCUT2D eigenvalue weighted by Crippen LogP contribution is -2.14. The third-order valence-electron chi connectivity index (χ3n) is 4.18. The van der Waals surface area contributed by atoms with Crippen LogP contribution >= 0.6 is 11.8 Å². The number of hydrogen-bond donors (Lipinski definition) is 1. The molecule has 2 aromatic heterocycles. The topological polar surface area (TPSA) is 94.3 Å². The van der Waals surface area contributed by atoms with Gasteiger partial charge in [0.1, 0.15) is 10.8 Å². The molecule has 0 aliphatic carbocycles. The van der Waals surface area contributed by atoms with E-state index in [2.05, 4.69) is 15.5 Å². The van der Waals surface area contributed by atoms with Gasteiger partial charge in [0.15, 0.2) is 0 Å². The first kappa shape index (κ1) is 20.6. The molecule has 0 bridgehead atoms. The molecule has 3 aromatic rings. The number of nitrogens with zero attached hydrogens (tertiary/aromatic N) is 2. The Labute approximate surface area is 172 Å². The number of aromatic nitrogens is 2. The zero-order chi connectivity index (χ0) is 20.8. The van der Waals surface area contributed by atoms with E-state index in [4.69, 9.17) is 9.26 Å². The van der Waals surface area contributed by atoms with Crippen LogP contribution in [0.15, 0.2) is 52.1 Å². The van der Waals surface area contributed by atoms with Gasteiger partial charge in [0, 0.05) is 23.2 Å². The lowest BCUT2D eigenvalue weighted by Gasteiger charge is -2.10. The summed E-state index contributed by atoms with van der Waals surface area (Å²) in [6.07, 6.45) is 1.65. The first-order valence-electron chi connectivity index (χ1n) is 9.07. The van der Waals surface area contributed by atoms with Gasteiger partial charge in [-0.3, -0.25) is 4.79 Å². The minimum atomic E-state index is -0.430. The van der Waals surface area contributed by atoms with E-state index in [0.717, 1.165) is 17.0 Å². The Bertz CT molecular complexity index is 1010. The van der Waals surface area contributed by atoms with Crippen molar-refractivity contribution < 1.29 is 18.8 Å². The molecule has 0 spiro atoms. The molecule has 0 fully saturated rings. The number of hydrogen-bond acceptors (Lipinski definition) is 7. The van der Waals surface area contributed by atoms with Crippen LogP contribution in [0.25, 0.3) is 0 Å². The highest BCUT2D eigenvalue weighted by atomic mass is 32.2. The van der Waals surface area contributed by atoms with Crippen LogP contribution in [0.4, 0.5) is 5.69 Å². The predicted octanol–water partition coefficient (Wildman–Crippen LogP) is 4.41. The number of pyridine rings is 1. The second-order valence-corrected chi connectivity index (χ2v) is 7.17. The van der Waals surface area contributed by atoms with E-state index in [0.29, 0.717) is 27.6 Å². The maximum Gasteiger partial charge on any atom is 0.338 e. The molecular weight excluding hydrogens is 390 g/mol. The number of thioether (sulfide) groups is 1. The fourth-order valence-corrected chi connectivity index (χ4v) is 3.81. The van der Waals surface area contributed by atoms with Crippen molar-refractivity contribution in [1.82, 2.24) is 10.1 Å². The monoisotopic (exact) mass is 411 g/mol. The van der Waals surface area contributed by atoms with Crippen molar-refractivity contribution in [2.75, 3.05) is 11.9 Å². The summed E-state index contributed by atoms with van der Waals surface area (Å²) < 4.78 is 10.2. The average Bonchev–Trinajstić information content (AvgIpc) is 3.04. The second-order valence-electron chi connectivity index (χ2n) is 6.20. The van der Waals surface area contributed by atoms with Gasteiger partial charge in [-0.05, 0) is 51.1 Å². The third-order valence-corrected chi connectivity index (χ3v) is 5.21. The van der Waals surface area contributed by atoms with E-state index >= 15 is 0 Å². The van der Waals surface area contributed by atoms with Crippen molar-refractivity contribution in [1.29, 1.82) is 0 Å². The molecule has 0 aliphatic rings. The molecule has 1 amide bonds. The van der Waals surface area contributed by atoms with Crippen molar-refractivity contribution in [2.45, 2.75) is 31.6 Å². The number of carbonyl (C=O) groups excluding carboxylic acids is 2. The van der Waals surface area contributed by atoms with E-state index in [9.17, 15) is 9.59 Å². The molecule has 1 N–H and O–H groups in total. The van der Waals surface area contributed by atoms with Crippen LogP contribution in [0, 0.1) is 13.8 Å². The van der Waals surface area contributed by atoms with E-state index in [1.54, 1.807) is 49.5 Å². The molecule has 0 aliphatic heterocycles. The van der Waals surface area contributed by atoms with E-state index in [1.165, 1.54) is 11.8 Å². The smallest absolute Gasteiger partial charge is 0.338 e. The zero-order valence-corrected chi connectivity index (χ0v) is 17.2. The molecule has 0 unspecified atom stereocenters. The molecule has 29 heavy (non-hydrogen) atoms. The molecule has 150 valence electrons. The number of esters is 1. The molecule has 7 nitrogen and oxygen atoms in total. The van der Waals surface area contributed by atoms with Crippen molar-refractivity contribution >= 4 is 29.3 Å². The molecule has 3 rings (SSSR count). The Morgan fingerprint density at radius 2 is 2.03 bits per heavy atom. The molecule has 0 saturated carbocycles. The van der Waals surface area contributed by atoms with E-state index < -0.39 is 5.97 Å². The van der Waals surface area contributed by atoms with Gasteiger partial charge < -0.3 is 14.6 Å². The number of amides is 1. The van der Waals surface area contributed by atoms with Crippen LogP contribution in [-0.2, 0) is 10.5 Å². The SMILES string of the molecule is CCOC(=O)c1cccc(NC(=O)c2cccnc2SCc2c(C)noc2C)c1. The highest BCUT2D eigenvalue weighted by molar-refractivity contribution is 7.98. The second kappa shape index (κ2) is 9.38. The summed E-state index contributed by atoms with van der Waals surface area (Å²) in [5.74, 6) is 0.616. The maximum atomic E-state index is 12.8. The molecule has 8 heteroatoms. The zero-order valence-electron chi connectivity index (χ0n) is 16.4. The fourth-order valence-electron chi connectivity index (χ4n) is 2.66. The van der Waals surface area contributed by atoms with Crippen LogP contribution in [0.2, 0.25) is 0 Å². The van der Waals surface area contributed by atoms with Crippen molar-refractivity contribution in [3.05, 3.63) is 70.7 Å². The first-order chi connectivity index (χ1) is 14.0. The normalized spacial score (nSPS) is 10.6. The quantitative estimate of drug-likeness (QED) is 0.455. The molecule has 2 heterocycles. The molecular formula is C21H21N3O4S.